The van der Waals surface area contributed by atoms with E-state index in [2.05, 4.69) is 0 Å². The fourth-order valence-electron chi connectivity index (χ4n) is 0.505. The molecule has 88 valence electrons. The Morgan fingerprint density at radius 1 is 1.44 bits per heavy atom. The van der Waals surface area contributed by atoms with E-state index < -0.39 is 26.2 Å². The fourth-order valence-corrected chi connectivity index (χ4v) is 0.952. The zero-order chi connectivity index (χ0) is 10.6. The van der Waals surface area contributed by atoms with Crippen LogP contribution in [0.5, 0.6) is 0 Å². The van der Waals surface area contributed by atoms with Crippen LogP contribution in [0.15, 0.2) is 0 Å². The number of guanidine groups is 1. The molecule has 0 fully saturated rings. The van der Waals surface area contributed by atoms with Crippen LogP contribution in [0.1, 0.15) is 0 Å². The number of carboxylic acids is 1. The quantitative estimate of drug-likeness (QED) is 0.154. The van der Waals surface area contributed by atoms with Crippen LogP contribution in [-0.2, 0) is 9.36 Å². The minimum absolute atomic E-state index is 0. The van der Waals surface area contributed by atoms with Gasteiger partial charge in [-0.2, -0.15) is 0 Å². The van der Waals surface area contributed by atoms with Crippen LogP contribution in [0, 0.1) is 5.41 Å². The van der Waals surface area contributed by atoms with Gasteiger partial charge in [0, 0.05) is 7.05 Å². The van der Waals surface area contributed by atoms with Gasteiger partial charge in [0.05, 0.1) is 0 Å². The molecule has 0 aliphatic heterocycles. The number of hydrogen-bond acceptors (Lipinski definition) is 3. The van der Waals surface area contributed by atoms with Crippen molar-refractivity contribution in [1.29, 1.82) is 5.41 Å². The summed E-state index contributed by atoms with van der Waals surface area (Å²) in [5.74, 6) is -1.84. The van der Waals surface area contributed by atoms with Gasteiger partial charge in [-0.15, -0.1) is 0 Å². The summed E-state index contributed by atoms with van der Waals surface area (Å²) in [6.07, 6.45) is 0. The van der Waals surface area contributed by atoms with Gasteiger partial charge in [0.1, 0.15) is 6.54 Å². The average molecular weight is 277 g/mol. The Morgan fingerprint density at radius 3 is 2.06 bits per heavy atom. The van der Waals surface area contributed by atoms with Crippen molar-refractivity contribution in [3.05, 3.63) is 0 Å². The molecule has 0 radical (unpaired) electrons. The Morgan fingerprint density at radius 2 is 1.81 bits per heavy atom. The first-order chi connectivity index (χ1) is 5.72. The van der Waals surface area contributed by atoms with Crippen molar-refractivity contribution in [1.82, 2.24) is 9.99 Å². The van der Waals surface area contributed by atoms with Crippen LogP contribution in [0.25, 0.3) is 0 Å². The molecule has 0 aliphatic rings. The van der Waals surface area contributed by atoms with Crippen molar-refractivity contribution in [2.75, 3.05) is 13.6 Å². The number of likely N-dealkylation sites (N-methyl/N-ethyl adjacent to an activating group) is 1. The summed E-state index contributed by atoms with van der Waals surface area (Å²) in [6, 6.07) is 0. The van der Waals surface area contributed by atoms with Crippen LogP contribution in [-0.4, -0.2) is 110 Å². The molecule has 12 heteroatoms. The molecule has 0 atom stereocenters. The number of nitrogens with one attached hydrogen (secondary N) is 2. The molecule has 0 aromatic heterocycles. The standard InChI is InChI=1S/C4H10N3O5P.2Na.H2O.2H/c1-7(2-3(8)9)4(5)6-13(10,11)12;;;;;/h2H2,1H3,(H,8,9)(H4,5,6,10,11,12);;;1H2;;. The monoisotopic (exact) mass is 277 g/mol. The van der Waals surface area contributed by atoms with Gasteiger partial charge in [0.2, 0.25) is 0 Å². The predicted molar refractivity (Wildman–Crippen MR) is 61.1 cm³/mol. The van der Waals surface area contributed by atoms with E-state index in [9.17, 15) is 9.36 Å². The summed E-state index contributed by atoms with van der Waals surface area (Å²) in [5.41, 5.74) is 0. The third-order valence-corrected chi connectivity index (χ3v) is 1.51. The molecular formula is C4H14N3Na2O6P. The van der Waals surface area contributed by atoms with E-state index in [1.54, 1.807) is 0 Å². The molecule has 0 unspecified atom stereocenters. The Kier molecular flexibility index (Phi) is 17.6. The van der Waals surface area contributed by atoms with E-state index in [0.29, 0.717) is 0 Å². The molecule has 0 amide bonds. The number of rotatable bonds is 3. The van der Waals surface area contributed by atoms with E-state index in [-0.39, 0.29) is 64.6 Å². The summed E-state index contributed by atoms with van der Waals surface area (Å²) in [6.45, 7) is -0.508. The van der Waals surface area contributed by atoms with E-state index in [0.717, 1.165) is 4.90 Å². The second-order valence-electron chi connectivity index (χ2n) is 2.25. The third-order valence-electron chi connectivity index (χ3n) is 1.01. The van der Waals surface area contributed by atoms with Gasteiger partial charge in [-0.05, 0) is 0 Å². The van der Waals surface area contributed by atoms with Crippen molar-refractivity contribution in [2.45, 2.75) is 0 Å². The summed E-state index contributed by atoms with van der Waals surface area (Å²) < 4.78 is 10.3. The molecule has 0 heterocycles. The molecule has 0 saturated heterocycles. The number of carbonyl (C=O) groups is 1. The molecule has 7 N–H and O–H groups in total. The van der Waals surface area contributed by atoms with Gasteiger partial charge >= 0.3 is 72.8 Å². The maximum absolute atomic E-state index is 10.3. The second-order valence-corrected chi connectivity index (χ2v) is 3.57. The molecule has 9 nitrogen and oxygen atoms in total. The zero-order valence-electron chi connectivity index (χ0n) is 7.26. The van der Waals surface area contributed by atoms with Gasteiger partial charge in [0.15, 0.2) is 5.96 Å². The van der Waals surface area contributed by atoms with Crippen LogP contribution in [0.3, 0.4) is 0 Å². The van der Waals surface area contributed by atoms with Crippen LogP contribution >= 0.6 is 7.75 Å². The minimum atomic E-state index is -4.53. The first-order valence-corrected chi connectivity index (χ1v) is 4.69. The number of carboxylic acid groups (broad SMARTS) is 1. The Hall–Kier alpha value is 0.850. The molecule has 0 spiro atoms. The zero-order valence-corrected chi connectivity index (χ0v) is 8.15. The first kappa shape index (κ1) is 25.6. The molecule has 0 saturated carbocycles. The van der Waals surface area contributed by atoms with Crippen molar-refractivity contribution < 1.29 is 29.7 Å². The predicted octanol–water partition coefficient (Wildman–Crippen LogP) is -3.50. The first-order valence-electron chi connectivity index (χ1n) is 3.07. The fraction of sp³-hybridized carbons (Fsp3) is 0.500. The van der Waals surface area contributed by atoms with Crippen molar-refractivity contribution in [3.63, 3.8) is 0 Å². The summed E-state index contributed by atoms with van der Waals surface area (Å²) in [4.78, 5) is 27.7. The number of aliphatic carboxylic acids is 1. The van der Waals surface area contributed by atoms with E-state index >= 15 is 0 Å². The van der Waals surface area contributed by atoms with Crippen LogP contribution in [0.2, 0.25) is 0 Å². The normalized spacial score (nSPS) is 8.69. The molecule has 0 bridgehead atoms. The molecule has 16 heavy (non-hydrogen) atoms. The van der Waals surface area contributed by atoms with Gasteiger partial charge in [-0.1, -0.05) is 0 Å². The van der Waals surface area contributed by atoms with E-state index in [1.807, 2.05) is 0 Å². The molecule has 0 aromatic carbocycles. The SMILES string of the molecule is CN(CC(=O)O)C(=N)NP(=O)(O)O.O.[NaH].[NaH]. The Labute approximate surface area is 136 Å². The second kappa shape index (κ2) is 11.0. The molecule has 0 aromatic rings. The molecule has 0 rings (SSSR count). The average Bonchev–Trinajstić information content (AvgIpc) is 1.81. The summed E-state index contributed by atoms with van der Waals surface area (Å²) in [7, 11) is -3.31. The van der Waals surface area contributed by atoms with E-state index in [4.69, 9.17) is 20.3 Å². The van der Waals surface area contributed by atoms with Crippen molar-refractivity contribution in [3.8, 4) is 0 Å². The van der Waals surface area contributed by atoms with Gasteiger partial charge < -0.3 is 25.3 Å². The summed E-state index contributed by atoms with van der Waals surface area (Å²) >= 11 is 0. The Balaban J connectivity index is -0.000000240. The van der Waals surface area contributed by atoms with Crippen molar-refractivity contribution in [2.24, 2.45) is 0 Å². The topological polar surface area (TPSA) is 165 Å². The van der Waals surface area contributed by atoms with Gasteiger partial charge in [0.25, 0.3) is 0 Å². The maximum atomic E-state index is 10.3. The number of hydrogen-bond donors (Lipinski definition) is 5. The number of nitrogens with zero attached hydrogens (tertiary/aromatic N) is 1. The Bertz CT molecular complexity index is 270. The third kappa shape index (κ3) is 14.9. The van der Waals surface area contributed by atoms with Crippen LogP contribution in [0.4, 0.5) is 0 Å². The summed E-state index contributed by atoms with van der Waals surface area (Å²) in [5, 5.41) is 16.8. The van der Waals surface area contributed by atoms with Crippen molar-refractivity contribution >= 4 is 78.8 Å². The van der Waals surface area contributed by atoms with Gasteiger partial charge in [-0.3, -0.25) is 15.3 Å². The molecular weight excluding hydrogens is 263 g/mol. The van der Waals surface area contributed by atoms with E-state index in [1.165, 1.54) is 12.1 Å². The molecule has 0 aliphatic carbocycles. The van der Waals surface area contributed by atoms with Gasteiger partial charge in [-0.25, -0.2) is 4.57 Å². The van der Waals surface area contributed by atoms with Crippen LogP contribution < -0.4 is 5.09 Å².